The number of alkyl carbamates (subject to hydrolysis) is 1. The second-order valence-corrected chi connectivity index (χ2v) is 13.0. The molecule has 0 saturated heterocycles. The summed E-state index contributed by atoms with van der Waals surface area (Å²) in [6, 6.07) is -3.13. The van der Waals surface area contributed by atoms with E-state index in [4.69, 9.17) is 14.6 Å². The zero-order valence-corrected chi connectivity index (χ0v) is 27.3. The van der Waals surface area contributed by atoms with Crippen molar-refractivity contribution in [1.82, 2.24) is 20.7 Å². The minimum Gasteiger partial charge on any atom is -0.479 e. The maximum Gasteiger partial charge on any atom is 0.408 e. The Morgan fingerprint density at radius 2 is 1.38 bits per heavy atom. The molecule has 0 fully saturated rings. The van der Waals surface area contributed by atoms with Gasteiger partial charge in [-0.3, -0.25) is 14.4 Å². The Morgan fingerprint density at radius 1 is 0.822 bits per heavy atom. The predicted octanol–water partition coefficient (Wildman–Crippen LogP) is -2.16. The summed E-state index contributed by atoms with van der Waals surface area (Å²) in [6.07, 6.45) is -9.88. The molecule has 0 aliphatic heterocycles. The summed E-state index contributed by atoms with van der Waals surface area (Å²) in [5, 5.41) is 65.6. The highest BCUT2D eigenvalue weighted by Crippen LogP contribution is 2.17. The molecule has 0 aromatic rings. The lowest BCUT2D eigenvalue weighted by Gasteiger charge is -2.31. The first-order valence-corrected chi connectivity index (χ1v) is 14.6. The smallest absolute Gasteiger partial charge is 0.408 e. The van der Waals surface area contributed by atoms with Crippen molar-refractivity contribution in [3.63, 3.8) is 0 Å². The molecule has 0 aliphatic carbocycles. The third-order valence-electron chi connectivity index (χ3n) is 5.54. The number of rotatable bonds is 17. The largest absolute Gasteiger partial charge is 0.479 e. The van der Waals surface area contributed by atoms with Gasteiger partial charge in [-0.25, -0.2) is 14.4 Å². The second kappa shape index (κ2) is 17.5. The summed E-state index contributed by atoms with van der Waals surface area (Å²) in [5.74, 6) is -6.23. The molecule has 10 N–H and O–H groups in total. The van der Waals surface area contributed by atoms with E-state index in [2.05, 4.69) is 20.7 Å². The zero-order chi connectivity index (χ0) is 35.5. The number of carbonyl (C=O) groups excluding carboxylic acids is 4. The number of carbonyl (C=O) groups is 6. The lowest BCUT2D eigenvalue weighted by molar-refractivity contribution is -0.184. The minimum atomic E-state index is -2.85. The van der Waals surface area contributed by atoms with Gasteiger partial charge in [0.05, 0.1) is 11.7 Å². The molecule has 7 atom stereocenters. The number of aliphatic carboxylic acids is 2. The van der Waals surface area contributed by atoms with Gasteiger partial charge in [-0.1, -0.05) is 0 Å². The Hall–Kier alpha value is -3.23. The van der Waals surface area contributed by atoms with Crippen molar-refractivity contribution in [3.8, 4) is 0 Å². The maximum absolute atomic E-state index is 13.4. The molecule has 1 unspecified atom stereocenters. The normalized spacial score (nSPS) is 17.2. The SMILES string of the molecule is CC(=O)NSC[C@H](NC(=O)[C@H](CC(OC(C)(C)C)C(=O)O)NC(=O)OC(C)(C)C)C(=O)NC[C@@H](O)[C@@H](O)[C@H](O)[C@@](C)(O)C(=O)O. The van der Waals surface area contributed by atoms with Crippen LogP contribution in [-0.4, -0.2) is 132 Å². The number of nitrogens with one attached hydrogen (secondary N) is 4. The number of ether oxygens (including phenoxy) is 2. The van der Waals surface area contributed by atoms with Gasteiger partial charge >= 0.3 is 18.0 Å². The van der Waals surface area contributed by atoms with Crippen LogP contribution in [0.3, 0.4) is 0 Å². The molecule has 18 nitrogen and oxygen atoms in total. The molecule has 45 heavy (non-hydrogen) atoms. The summed E-state index contributed by atoms with van der Waals surface area (Å²) >= 11 is 0.696. The molecule has 0 radical (unpaired) electrons. The molecular formula is C26H46N4O14S. The molecule has 0 aliphatic rings. The van der Waals surface area contributed by atoms with E-state index in [0.717, 1.165) is 0 Å². The van der Waals surface area contributed by atoms with Crippen LogP contribution in [0, 0.1) is 0 Å². The van der Waals surface area contributed by atoms with Crippen molar-refractivity contribution in [2.24, 2.45) is 0 Å². The fraction of sp³-hybridized carbons (Fsp3) is 0.769. The Morgan fingerprint density at radius 3 is 1.82 bits per heavy atom. The Labute approximate surface area is 264 Å². The Kier molecular flexibility index (Phi) is 16.2. The van der Waals surface area contributed by atoms with E-state index in [1.165, 1.54) is 6.92 Å². The van der Waals surface area contributed by atoms with Crippen molar-refractivity contribution in [2.75, 3.05) is 12.3 Å². The van der Waals surface area contributed by atoms with Crippen molar-refractivity contribution in [1.29, 1.82) is 0 Å². The average Bonchev–Trinajstić information content (AvgIpc) is 2.86. The average molecular weight is 671 g/mol. The molecule has 4 amide bonds. The molecule has 0 aromatic heterocycles. The van der Waals surface area contributed by atoms with E-state index in [9.17, 15) is 54.3 Å². The lowest BCUT2D eigenvalue weighted by Crippen LogP contribution is -2.59. The summed E-state index contributed by atoms with van der Waals surface area (Å²) in [7, 11) is 0. The minimum absolute atomic E-state index is 0.327. The third-order valence-corrected chi connectivity index (χ3v) is 6.47. The predicted molar refractivity (Wildman–Crippen MR) is 158 cm³/mol. The van der Waals surface area contributed by atoms with Crippen molar-refractivity contribution in [2.45, 2.75) is 115 Å². The lowest BCUT2D eigenvalue weighted by atomic mass is 9.92. The van der Waals surface area contributed by atoms with Crippen molar-refractivity contribution >= 4 is 47.7 Å². The van der Waals surface area contributed by atoms with E-state index in [0.29, 0.717) is 18.9 Å². The molecule has 19 heteroatoms. The van der Waals surface area contributed by atoms with Gasteiger partial charge in [-0.2, -0.15) is 0 Å². The van der Waals surface area contributed by atoms with E-state index in [1.54, 1.807) is 41.5 Å². The maximum atomic E-state index is 13.4. The van der Waals surface area contributed by atoms with Gasteiger partial charge in [0.25, 0.3) is 0 Å². The van der Waals surface area contributed by atoms with Crippen LogP contribution in [0.1, 0.15) is 61.8 Å². The molecule has 0 rings (SSSR count). The topological polar surface area (TPSA) is 290 Å². The summed E-state index contributed by atoms with van der Waals surface area (Å²) < 4.78 is 13.0. The van der Waals surface area contributed by atoms with Gasteiger partial charge in [-0.15, -0.1) is 0 Å². The highest BCUT2D eigenvalue weighted by molar-refractivity contribution is 7.98. The van der Waals surface area contributed by atoms with E-state index < -0.39 is 102 Å². The Balaban J connectivity index is 6.04. The molecule has 260 valence electrons. The van der Waals surface area contributed by atoms with Crippen LogP contribution in [0.15, 0.2) is 0 Å². The number of aliphatic hydroxyl groups is 4. The first-order chi connectivity index (χ1) is 20.3. The van der Waals surface area contributed by atoms with Crippen LogP contribution in [0.5, 0.6) is 0 Å². The zero-order valence-electron chi connectivity index (χ0n) is 26.4. The van der Waals surface area contributed by atoms with E-state index >= 15 is 0 Å². The van der Waals surface area contributed by atoms with Gasteiger partial charge in [0, 0.05) is 25.6 Å². The first-order valence-electron chi connectivity index (χ1n) is 13.6. The van der Waals surface area contributed by atoms with Crippen LogP contribution in [0.4, 0.5) is 4.79 Å². The summed E-state index contributed by atoms with van der Waals surface area (Å²) in [5.41, 5.74) is -4.81. The summed E-state index contributed by atoms with van der Waals surface area (Å²) in [6.45, 7) is 10.4. The van der Waals surface area contributed by atoms with Gasteiger partial charge in [-0.05, 0) is 60.4 Å². The standard InChI is InChI=1S/C26H46N4O14S/c1-12(31)30-45-11-14(19(35)27-10-15(32)17(33)18(34)26(8,42)22(39)40)28-20(36)13(29-23(41)44-25(5,6)7)9-16(21(37)38)43-24(2,3)4/h13-18,32-34,42H,9-11H2,1-8H3,(H,27,35)(H,28,36)(H,29,41)(H,30,31)(H,37,38)(H,39,40)/t13-,14-,15+,16?,17+,18-,26+/m0/s1. The second-order valence-electron chi connectivity index (χ2n) is 12.2. The van der Waals surface area contributed by atoms with Gasteiger partial charge < -0.3 is 60.8 Å². The van der Waals surface area contributed by atoms with E-state index in [-0.39, 0.29) is 5.75 Å². The molecular weight excluding hydrogens is 624 g/mol. The number of carboxylic acid groups (broad SMARTS) is 2. The molecule has 0 spiro atoms. The molecule has 0 saturated carbocycles. The Bertz CT molecular complexity index is 1060. The third kappa shape index (κ3) is 16.1. The molecule has 0 heterocycles. The van der Waals surface area contributed by atoms with Gasteiger partial charge in [0.15, 0.2) is 11.7 Å². The number of hydrogen-bond acceptors (Lipinski definition) is 13. The van der Waals surface area contributed by atoms with E-state index in [1.807, 2.05) is 0 Å². The van der Waals surface area contributed by atoms with Gasteiger partial charge in [0.2, 0.25) is 17.7 Å². The number of aliphatic hydroxyl groups excluding tert-OH is 3. The number of amides is 4. The summed E-state index contributed by atoms with van der Waals surface area (Å²) in [4.78, 5) is 73.3. The van der Waals surface area contributed by atoms with Crippen molar-refractivity contribution < 1.29 is 68.9 Å². The molecule has 0 bridgehead atoms. The highest BCUT2D eigenvalue weighted by Gasteiger charge is 2.45. The molecule has 0 aromatic carbocycles. The fourth-order valence-corrected chi connectivity index (χ4v) is 4.01. The van der Waals surface area contributed by atoms with Crippen LogP contribution < -0.4 is 20.7 Å². The highest BCUT2D eigenvalue weighted by atomic mass is 32.2. The van der Waals surface area contributed by atoms with Crippen LogP contribution in [0.2, 0.25) is 0 Å². The van der Waals surface area contributed by atoms with Crippen LogP contribution in [0.25, 0.3) is 0 Å². The number of hydrogen-bond donors (Lipinski definition) is 10. The fourth-order valence-electron chi connectivity index (χ4n) is 3.32. The monoisotopic (exact) mass is 670 g/mol. The first kappa shape index (κ1) is 41.8. The van der Waals surface area contributed by atoms with Crippen LogP contribution >= 0.6 is 11.9 Å². The van der Waals surface area contributed by atoms with Crippen molar-refractivity contribution in [3.05, 3.63) is 0 Å². The van der Waals surface area contributed by atoms with Crippen LogP contribution in [-0.2, 0) is 33.4 Å². The van der Waals surface area contributed by atoms with Gasteiger partial charge in [0.1, 0.15) is 29.9 Å². The number of carboxylic acids is 2. The quantitative estimate of drug-likeness (QED) is 0.0738.